The van der Waals surface area contributed by atoms with Crippen molar-refractivity contribution in [2.75, 3.05) is 0 Å². The van der Waals surface area contributed by atoms with Crippen LogP contribution in [-0.4, -0.2) is 19.1 Å². The molecule has 0 fully saturated rings. The second-order valence-corrected chi connectivity index (χ2v) is 12.9. The first-order valence-corrected chi connectivity index (χ1v) is 17.0. The zero-order chi connectivity index (χ0) is 32.8. The first-order chi connectivity index (χ1) is 24.8. The van der Waals surface area contributed by atoms with Gasteiger partial charge in [-0.3, -0.25) is 0 Å². The van der Waals surface area contributed by atoms with Crippen molar-refractivity contribution in [3.63, 3.8) is 0 Å². The number of nitrogens with zero attached hydrogens (tertiary/aromatic N) is 4. The van der Waals surface area contributed by atoms with Crippen LogP contribution < -0.4 is 0 Å². The van der Waals surface area contributed by atoms with Crippen LogP contribution in [0.1, 0.15) is 17.7 Å². The summed E-state index contributed by atoms with van der Waals surface area (Å²) in [5.74, 6) is 1.13. The summed E-state index contributed by atoms with van der Waals surface area (Å²) in [5.41, 5.74) is 13.2. The van der Waals surface area contributed by atoms with Crippen LogP contribution in [0.5, 0.6) is 0 Å². The molecule has 4 heterocycles. The molecular weight excluding hydrogens is 617 g/mol. The highest BCUT2D eigenvalue weighted by atomic mass is 16.4. The smallest absolute Gasteiger partial charge is 0.227 e. The van der Waals surface area contributed by atoms with Gasteiger partial charge in [0, 0.05) is 50.3 Å². The Hall–Kier alpha value is -6.66. The minimum Gasteiger partial charge on any atom is -0.436 e. The van der Waals surface area contributed by atoms with Crippen LogP contribution in [0.25, 0.3) is 95.3 Å². The number of oxazole rings is 2. The molecule has 0 amide bonds. The van der Waals surface area contributed by atoms with Crippen molar-refractivity contribution in [3.05, 3.63) is 151 Å². The summed E-state index contributed by atoms with van der Waals surface area (Å²) in [6.45, 7) is 0. The fourth-order valence-electron chi connectivity index (χ4n) is 7.78. The summed E-state index contributed by atoms with van der Waals surface area (Å²) >= 11 is 0. The van der Waals surface area contributed by atoms with E-state index in [1.807, 2.05) is 24.3 Å². The molecule has 0 N–H and O–H groups in total. The van der Waals surface area contributed by atoms with Crippen LogP contribution >= 0.6 is 0 Å². The van der Waals surface area contributed by atoms with E-state index in [-0.39, 0.29) is 0 Å². The number of hydrogen-bond acceptors (Lipinski definition) is 4. The highest BCUT2D eigenvalue weighted by molar-refractivity contribution is 6.09. The zero-order valence-corrected chi connectivity index (χ0v) is 26.9. The average Bonchev–Trinajstić information content (AvgIpc) is 3.95. The third-order valence-electron chi connectivity index (χ3n) is 10.1. The normalized spacial score (nSPS) is 13.0. The van der Waals surface area contributed by atoms with E-state index in [0.29, 0.717) is 17.4 Å². The van der Waals surface area contributed by atoms with Gasteiger partial charge in [-0.15, -0.1) is 0 Å². The standard InChI is InChI=1S/C44H28N4O2/c1-5-13-37-31(9-1)32-10-2-6-14-38(32)47(37)29-20-17-27(18-21-29)43-45-35-23-19-28(25-41(35)49-43)44-46-36-24-22-30(26-42(36)50-44)48-39-15-7-3-11-33(39)34-12-4-8-16-40(34)48/h1-5,7-13,15-26H,6,14H2. The summed E-state index contributed by atoms with van der Waals surface area (Å²) in [7, 11) is 0. The molecule has 11 rings (SSSR count). The molecule has 236 valence electrons. The Morgan fingerprint density at radius 2 is 1.06 bits per heavy atom. The maximum Gasteiger partial charge on any atom is 0.227 e. The number of aromatic nitrogens is 4. The Labute approximate surface area is 286 Å². The first-order valence-electron chi connectivity index (χ1n) is 17.0. The Balaban J connectivity index is 0.934. The lowest BCUT2D eigenvalue weighted by molar-refractivity contribution is 0.613. The largest absolute Gasteiger partial charge is 0.436 e. The highest BCUT2D eigenvalue weighted by Crippen LogP contribution is 2.37. The SMILES string of the molecule is C1=Cc2c(n(-c3ccc(-c4nc5ccc(-c6nc7ccc(-n8c9ccccc9c9ccccc98)cc7o6)cc5o4)cc3)c3ccccc23)CC1. The Bertz CT molecular complexity index is 2940. The molecule has 0 saturated heterocycles. The van der Waals surface area contributed by atoms with Crippen LogP contribution in [0.4, 0.5) is 0 Å². The van der Waals surface area contributed by atoms with Crippen LogP contribution in [0.15, 0.2) is 148 Å². The van der Waals surface area contributed by atoms with Crippen LogP contribution in [0, 0.1) is 0 Å². The predicted molar refractivity (Wildman–Crippen MR) is 201 cm³/mol. The molecule has 0 radical (unpaired) electrons. The molecule has 0 atom stereocenters. The second-order valence-electron chi connectivity index (χ2n) is 12.9. The van der Waals surface area contributed by atoms with E-state index in [4.69, 9.17) is 18.8 Å². The third-order valence-corrected chi connectivity index (χ3v) is 10.1. The fraction of sp³-hybridized carbons (Fsp3) is 0.0455. The van der Waals surface area contributed by atoms with Gasteiger partial charge < -0.3 is 18.0 Å². The lowest BCUT2D eigenvalue weighted by Crippen LogP contribution is -2.02. The van der Waals surface area contributed by atoms with E-state index in [1.165, 1.54) is 32.9 Å². The number of benzene rings is 6. The zero-order valence-electron chi connectivity index (χ0n) is 26.9. The third kappa shape index (κ3) is 4.02. The molecule has 0 unspecified atom stereocenters. The van der Waals surface area contributed by atoms with Gasteiger partial charge in [0.2, 0.25) is 11.8 Å². The maximum atomic E-state index is 6.38. The van der Waals surface area contributed by atoms with Gasteiger partial charge in [0.1, 0.15) is 11.0 Å². The van der Waals surface area contributed by atoms with Crippen molar-refractivity contribution in [2.24, 2.45) is 0 Å². The molecule has 4 aromatic heterocycles. The van der Waals surface area contributed by atoms with Crippen LogP contribution in [-0.2, 0) is 6.42 Å². The van der Waals surface area contributed by atoms with E-state index in [9.17, 15) is 0 Å². The van der Waals surface area contributed by atoms with Crippen LogP contribution in [0.3, 0.4) is 0 Å². The van der Waals surface area contributed by atoms with Gasteiger partial charge in [-0.1, -0.05) is 66.7 Å². The molecule has 0 aliphatic heterocycles. The Morgan fingerprint density at radius 3 is 1.78 bits per heavy atom. The summed E-state index contributed by atoms with van der Waals surface area (Å²) in [6.07, 6.45) is 6.62. The molecule has 0 spiro atoms. The van der Waals surface area contributed by atoms with E-state index in [0.717, 1.165) is 63.0 Å². The minimum atomic E-state index is 0.542. The van der Waals surface area contributed by atoms with Gasteiger partial charge in [-0.2, -0.15) is 0 Å². The summed E-state index contributed by atoms with van der Waals surface area (Å²) in [5, 5.41) is 3.74. The molecule has 0 bridgehead atoms. The van der Waals surface area contributed by atoms with Gasteiger partial charge in [-0.05, 0) is 85.6 Å². The number of rotatable bonds is 4. The Morgan fingerprint density at radius 1 is 0.500 bits per heavy atom. The van der Waals surface area contributed by atoms with E-state index in [1.54, 1.807) is 0 Å². The number of fused-ring (bicyclic) bond motifs is 8. The molecule has 1 aliphatic carbocycles. The van der Waals surface area contributed by atoms with Crippen LogP contribution in [0.2, 0.25) is 0 Å². The monoisotopic (exact) mass is 644 g/mol. The quantitative estimate of drug-likeness (QED) is 0.191. The van der Waals surface area contributed by atoms with Crippen molar-refractivity contribution in [3.8, 4) is 34.3 Å². The molecule has 50 heavy (non-hydrogen) atoms. The fourth-order valence-corrected chi connectivity index (χ4v) is 7.78. The lowest BCUT2D eigenvalue weighted by Gasteiger charge is -2.13. The highest BCUT2D eigenvalue weighted by Gasteiger charge is 2.19. The van der Waals surface area contributed by atoms with Gasteiger partial charge in [-0.25, -0.2) is 9.97 Å². The van der Waals surface area contributed by atoms with Crippen molar-refractivity contribution in [2.45, 2.75) is 12.8 Å². The van der Waals surface area contributed by atoms with Crippen molar-refractivity contribution in [1.29, 1.82) is 0 Å². The minimum absolute atomic E-state index is 0.542. The summed E-state index contributed by atoms with van der Waals surface area (Å²) in [6, 6.07) is 46.3. The number of hydrogen-bond donors (Lipinski definition) is 0. The topological polar surface area (TPSA) is 61.9 Å². The first kappa shape index (κ1) is 27.3. The summed E-state index contributed by atoms with van der Waals surface area (Å²) < 4.78 is 17.4. The number of allylic oxidation sites excluding steroid dienone is 1. The van der Waals surface area contributed by atoms with Crippen molar-refractivity contribution >= 4 is 61.0 Å². The van der Waals surface area contributed by atoms with Gasteiger partial charge in [0.05, 0.1) is 22.2 Å². The van der Waals surface area contributed by atoms with Crippen molar-refractivity contribution < 1.29 is 8.83 Å². The average molecular weight is 645 g/mol. The lowest BCUT2D eigenvalue weighted by atomic mass is 10.0. The van der Waals surface area contributed by atoms with Gasteiger partial charge >= 0.3 is 0 Å². The predicted octanol–water partition coefficient (Wildman–Crippen LogP) is 11.3. The number of para-hydroxylation sites is 3. The van der Waals surface area contributed by atoms with E-state index in [2.05, 4.69) is 130 Å². The molecule has 6 heteroatoms. The van der Waals surface area contributed by atoms with Crippen molar-refractivity contribution in [1.82, 2.24) is 19.1 Å². The molecule has 1 aliphatic rings. The van der Waals surface area contributed by atoms with E-state index >= 15 is 0 Å². The molecule has 0 saturated carbocycles. The van der Waals surface area contributed by atoms with E-state index < -0.39 is 0 Å². The summed E-state index contributed by atoms with van der Waals surface area (Å²) in [4.78, 5) is 9.67. The van der Waals surface area contributed by atoms with Gasteiger partial charge in [0.25, 0.3) is 0 Å². The Kier molecular flexibility index (Phi) is 5.69. The second kappa shape index (κ2) is 10.4. The molecule has 10 aromatic rings. The maximum absolute atomic E-state index is 6.38. The molecule has 6 nitrogen and oxygen atoms in total. The van der Waals surface area contributed by atoms with Gasteiger partial charge in [0.15, 0.2) is 11.2 Å². The molecule has 6 aromatic carbocycles. The molecular formula is C44H28N4O2.